The van der Waals surface area contributed by atoms with E-state index in [1.807, 2.05) is 0 Å². The summed E-state index contributed by atoms with van der Waals surface area (Å²) in [5, 5.41) is 4.88. The standard InChI is InChI=1S/C12H20N2S/c1-8(13-11-6-4-5-7-11)12-9(2)15-10(3)14-12/h8,11,13H,4-7H2,1-3H3. The molecule has 1 aliphatic carbocycles. The van der Waals surface area contributed by atoms with Crippen LogP contribution >= 0.6 is 11.3 Å². The molecule has 1 unspecified atom stereocenters. The second-order valence-electron chi connectivity index (χ2n) is 4.54. The molecule has 0 aromatic carbocycles. The predicted octanol–water partition coefficient (Wildman–Crippen LogP) is 3.35. The fraction of sp³-hybridized carbons (Fsp3) is 0.750. The maximum Gasteiger partial charge on any atom is 0.0900 e. The van der Waals surface area contributed by atoms with E-state index in [1.54, 1.807) is 11.3 Å². The Morgan fingerprint density at radius 3 is 2.53 bits per heavy atom. The van der Waals surface area contributed by atoms with Crippen molar-refractivity contribution in [3.05, 3.63) is 15.6 Å². The number of thiazole rings is 1. The monoisotopic (exact) mass is 224 g/mol. The Morgan fingerprint density at radius 1 is 1.33 bits per heavy atom. The van der Waals surface area contributed by atoms with Crippen molar-refractivity contribution in [2.45, 2.75) is 58.5 Å². The van der Waals surface area contributed by atoms with Gasteiger partial charge in [0, 0.05) is 17.0 Å². The molecule has 3 heteroatoms. The third kappa shape index (κ3) is 2.58. The van der Waals surface area contributed by atoms with Crippen molar-refractivity contribution in [2.24, 2.45) is 0 Å². The van der Waals surface area contributed by atoms with E-state index in [1.165, 1.54) is 41.3 Å². The number of aryl methyl sites for hydroxylation is 2. The predicted molar refractivity (Wildman–Crippen MR) is 65.4 cm³/mol. The molecule has 0 aliphatic heterocycles. The SMILES string of the molecule is Cc1nc(C(C)NC2CCCC2)c(C)s1. The van der Waals surface area contributed by atoms with Crippen LogP contribution < -0.4 is 5.32 Å². The highest BCUT2D eigenvalue weighted by molar-refractivity contribution is 7.11. The van der Waals surface area contributed by atoms with E-state index in [9.17, 15) is 0 Å². The van der Waals surface area contributed by atoms with Crippen LogP contribution in [0.5, 0.6) is 0 Å². The quantitative estimate of drug-likeness (QED) is 0.851. The lowest BCUT2D eigenvalue weighted by Crippen LogP contribution is -2.29. The Kier molecular flexibility index (Phi) is 3.42. The summed E-state index contributed by atoms with van der Waals surface area (Å²) in [6, 6.07) is 1.14. The van der Waals surface area contributed by atoms with Crippen LogP contribution in [0.2, 0.25) is 0 Å². The third-order valence-electron chi connectivity index (χ3n) is 3.19. The van der Waals surface area contributed by atoms with E-state index in [4.69, 9.17) is 0 Å². The van der Waals surface area contributed by atoms with E-state index >= 15 is 0 Å². The van der Waals surface area contributed by atoms with Gasteiger partial charge in [0.05, 0.1) is 10.7 Å². The summed E-state index contributed by atoms with van der Waals surface area (Å²) in [5.74, 6) is 0. The first-order chi connectivity index (χ1) is 7.16. The highest BCUT2D eigenvalue weighted by atomic mass is 32.1. The van der Waals surface area contributed by atoms with Crippen LogP contribution in [0.25, 0.3) is 0 Å². The summed E-state index contributed by atoms with van der Waals surface area (Å²) in [5.41, 5.74) is 1.25. The van der Waals surface area contributed by atoms with Crippen LogP contribution in [0.3, 0.4) is 0 Å². The van der Waals surface area contributed by atoms with Crippen LogP contribution in [0, 0.1) is 13.8 Å². The van der Waals surface area contributed by atoms with Crippen molar-refractivity contribution in [2.75, 3.05) is 0 Å². The smallest absolute Gasteiger partial charge is 0.0900 e. The maximum atomic E-state index is 4.61. The maximum absolute atomic E-state index is 4.61. The number of nitrogens with one attached hydrogen (secondary N) is 1. The van der Waals surface area contributed by atoms with Gasteiger partial charge in [-0.1, -0.05) is 12.8 Å². The molecule has 1 fully saturated rings. The summed E-state index contributed by atoms with van der Waals surface area (Å²) in [7, 11) is 0. The first kappa shape index (κ1) is 11.1. The Balaban J connectivity index is 2.00. The Bertz CT molecular complexity index is 326. The van der Waals surface area contributed by atoms with Crippen molar-refractivity contribution < 1.29 is 0 Å². The second-order valence-corrected chi connectivity index (χ2v) is 5.95. The second kappa shape index (κ2) is 4.62. The summed E-state index contributed by atoms with van der Waals surface area (Å²) < 4.78 is 0. The molecule has 1 saturated carbocycles. The van der Waals surface area contributed by atoms with E-state index < -0.39 is 0 Å². The molecular formula is C12H20N2S. The van der Waals surface area contributed by atoms with Crippen LogP contribution in [0.1, 0.15) is 54.2 Å². The molecule has 1 aliphatic rings. The normalized spacial score (nSPS) is 19.7. The van der Waals surface area contributed by atoms with E-state index in [0.29, 0.717) is 6.04 Å². The average molecular weight is 224 g/mol. The van der Waals surface area contributed by atoms with E-state index in [2.05, 4.69) is 31.1 Å². The minimum absolute atomic E-state index is 0.415. The number of rotatable bonds is 3. The molecule has 1 aromatic heterocycles. The molecule has 1 N–H and O–H groups in total. The number of hydrogen-bond acceptors (Lipinski definition) is 3. The molecule has 0 amide bonds. The Hall–Kier alpha value is -0.410. The highest BCUT2D eigenvalue weighted by Crippen LogP contribution is 2.25. The molecule has 84 valence electrons. The van der Waals surface area contributed by atoms with Gasteiger partial charge in [0.25, 0.3) is 0 Å². The van der Waals surface area contributed by atoms with Crippen molar-refractivity contribution in [1.82, 2.24) is 10.3 Å². The van der Waals surface area contributed by atoms with Crippen molar-refractivity contribution >= 4 is 11.3 Å². The molecule has 0 saturated heterocycles. The topological polar surface area (TPSA) is 24.9 Å². The molecule has 1 heterocycles. The lowest BCUT2D eigenvalue weighted by Gasteiger charge is -2.18. The van der Waals surface area contributed by atoms with Gasteiger partial charge in [0.15, 0.2) is 0 Å². The fourth-order valence-corrected chi connectivity index (χ4v) is 3.39. The van der Waals surface area contributed by atoms with Gasteiger partial charge in [0.2, 0.25) is 0 Å². The van der Waals surface area contributed by atoms with Gasteiger partial charge in [-0.05, 0) is 33.6 Å². The summed E-state index contributed by atoms with van der Waals surface area (Å²) in [6.07, 6.45) is 5.46. The van der Waals surface area contributed by atoms with Crippen molar-refractivity contribution in [3.63, 3.8) is 0 Å². The fourth-order valence-electron chi connectivity index (χ4n) is 2.47. The minimum atomic E-state index is 0.415. The van der Waals surface area contributed by atoms with Crippen molar-refractivity contribution in [1.29, 1.82) is 0 Å². The van der Waals surface area contributed by atoms with Gasteiger partial charge in [-0.3, -0.25) is 0 Å². The van der Waals surface area contributed by atoms with Crippen LogP contribution in [-0.2, 0) is 0 Å². The van der Waals surface area contributed by atoms with Gasteiger partial charge in [-0.2, -0.15) is 0 Å². The molecular weight excluding hydrogens is 204 g/mol. The van der Waals surface area contributed by atoms with Gasteiger partial charge in [-0.25, -0.2) is 4.98 Å². The zero-order valence-electron chi connectivity index (χ0n) is 9.84. The number of nitrogens with zero attached hydrogens (tertiary/aromatic N) is 1. The summed E-state index contributed by atoms with van der Waals surface area (Å²) >= 11 is 1.80. The van der Waals surface area contributed by atoms with Crippen LogP contribution in [0.15, 0.2) is 0 Å². The van der Waals surface area contributed by atoms with Crippen LogP contribution in [-0.4, -0.2) is 11.0 Å². The molecule has 1 aromatic rings. The number of aromatic nitrogens is 1. The van der Waals surface area contributed by atoms with Crippen molar-refractivity contribution in [3.8, 4) is 0 Å². The molecule has 0 spiro atoms. The zero-order valence-corrected chi connectivity index (χ0v) is 10.7. The Labute approximate surface area is 96.1 Å². The number of hydrogen-bond donors (Lipinski definition) is 1. The van der Waals surface area contributed by atoms with Gasteiger partial charge < -0.3 is 5.32 Å². The summed E-state index contributed by atoms with van der Waals surface area (Å²) in [6.45, 7) is 6.50. The zero-order chi connectivity index (χ0) is 10.8. The molecule has 0 radical (unpaired) electrons. The third-order valence-corrected chi connectivity index (χ3v) is 4.09. The van der Waals surface area contributed by atoms with Gasteiger partial charge >= 0.3 is 0 Å². The average Bonchev–Trinajstić information content (AvgIpc) is 2.75. The summed E-state index contributed by atoms with van der Waals surface area (Å²) in [4.78, 5) is 5.97. The Morgan fingerprint density at radius 2 is 2.00 bits per heavy atom. The molecule has 15 heavy (non-hydrogen) atoms. The van der Waals surface area contributed by atoms with Crippen LogP contribution in [0.4, 0.5) is 0 Å². The minimum Gasteiger partial charge on any atom is -0.306 e. The van der Waals surface area contributed by atoms with Gasteiger partial charge in [0.1, 0.15) is 0 Å². The van der Waals surface area contributed by atoms with E-state index in [-0.39, 0.29) is 0 Å². The first-order valence-corrected chi connectivity index (χ1v) is 6.68. The lowest BCUT2D eigenvalue weighted by atomic mass is 10.1. The molecule has 0 bridgehead atoms. The van der Waals surface area contributed by atoms with Gasteiger partial charge in [-0.15, -0.1) is 11.3 Å². The molecule has 1 atom stereocenters. The first-order valence-electron chi connectivity index (χ1n) is 5.87. The molecule has 2 nitrogen and oxygen atoms in total. The lowest BCUT2D eigenvalue weighted by molar-refractivity contribution is 0.455. The van der Waals surface area contributed by atoms with E-state index in [0.717, 1.165) is 6.04 Å². The molecule has 2 rings (SSSR count). The largest absolute Gasteiger partial charge is 0.306 e. The highest BCUT2D eigenvalue weighted by Gasteiger charge is 2.20.